The minimum atomic E-state index is 0.537. The van der Waals surface area contributed by atoms with Gasteiger partial charge in [-0.1, -0.05) is 33.1 Å². The SMILES string of the molecule is CCCC1CCC2CC(C3CCC(CC)=CO3)CCC2C1. The van der Waals surface area contributed by atoms with Crippen LogP contribution in [0.2, 0.25) is 0 Å². The molecule has 120 valence electrons. The van der Waals surface area contributed by atoms with Crippen LogP contribution in [0.1, 0.15) is 84.5 Å². The maximum absolute atomic E-state index is 6.10. The van der Waals surface area contributed by atoms with Crippen molar-refractivity contribution in [3.8, 4) is 0 Å². The van der Waals surface area contributed by atoms with E-state index in [1.807, 2.05) is 0 Å². The average Bonchev–Trinajstić information content (AvgIpc) is 2.55. The smallest absolute Gasteiger partial charge is 0.101 e. The molecular formula is C20H34O. The van der Waals surface area contributed by atoms with Crippen molar-refractivity contribution < 1.29 is 4.74 Å². The predicted octanol–water partition coefficient (Wildman–Crippen LogP) is 6.09. The van der Waals surface area contributed by atoms with Gasteiger partial charge in [0.25, 0.3) is 0 Å². The van der Waals surface area contributed by atoms with E-state index in [-0.39, 0.29) is 0 Å². The molecule has 2 fully saturated rings. The van der Waals surface area contributed by atoms with Crippen LogP contribution < -0.4 is 0 Å². The Morgan fingerprint density at radius 3 is 2.43 bits per heavy atom. The van der Waals surface area contributed by atoms with Gasteiger partial charge in [0.15, 0.2) is 0 Å². The highest BCUT2D eigenvalue weighted by Gasteiger charge is 2.38. The number of ether oxygens (including phenoxy) is 1. The fourth-order valence-electron chi connectivity index (χ4n) is 5.28. The summed E-state index contributed by atoms with van der Waals surface area (Å²) < 4.78 is 6.10. The molecule has 5 unspecified atom stereocenters. The van der Waals surface area contributed by atoms with Gasteiger partial charge in [0, 0.05) is 0 Å². The van der Waals surface area contributed by atoms with Gasteiger partial charge in [-0.25, -0.2) is 0 Å². The lowest BCUT2D eigenvalue weighted by molar-refractivity contribution is 0.00539. The van der Waals surface area contributed by atoms with Crippen LogP contribution in [0.3, 0.4) is 0 Å². The van der Waals surface area contributed by atoms with Crippen LogP contribution in [0.5, 0.6) is 0 Å². The van der Waals surface area contributed by atoms with Crippen molar-refractivity contribution in [1.29, 1.82) is 0 Å². The van der Waals surface area contributed by atoms with E-state index in [2.05, 4.69) is 20.1 Å². The zero-order chi connectivity index (χ0) is 14.7. The number of rotatable bonds is 4. The summed E-state index contributed by atoms with van der Waals surface area (Å²) in [7, 11) is 0. The standard InChI is InChI=1S/C20H34O/c1-3-5-16-6-8-18-13-19(10-9-17(18)12-16)20-11-7-15(4-2)14-21-20/h14,16-20H,3-13H2,1-2H3. The molecule has 0 amide bonds. The lowest BCUT2D eigenvalue weighted by Gasteiger charge is -2.44. The fraction of sp³-hybridized carbons (Fsp3) is 0.900. The molecule has 1 heteroatoms. The van der Waals surface area contributed by atoms with Gasteiger partial charge in [0.05, 0.1) is 6.26 Å². The molecule has 0 aromatic rings. The molecule has 21 heavy (non-hydrogen) atoms. The third-order valence-electron chi connectivity index (χ3n) is 6.60. The van der Waals surface area contributed by atoms with E-state index >= 15 is 0 Å². The molecule has 0 N–H and O–H groups in total. The number of allylic oxidation sites excluding steroid dienone is 1. The Labute approximate surface area is 131 Å². The summed E-state index contributed by atoms with van der Waals surface area (Å²) in [6.07, 6.45) is 18.1. The largest absolute Gasteiger partial charge is 0.498 e. The third-order valence-corrected chi connectivity index (χ3v) is 6.60. The normalized spacial score (nSPS) is 40.1. The van der Waals surface area contributed by atoms with E-state index in [1.165, 1.54) is 76.2 Å². The van der Waals surface area contributed by atoms with Gasteiger partial charge < -0.3 is 4.74 Å². The van der Waals surface area contributed by atoms with Crippen LogP contribution in [0.4, 0.5) is 0 Å². The molecule has 0 spiro atoms. The fourth-order valence-corrected chi connectivity index (χ4v) is 5.28. The second-order valence-corrected chi connectivity index (χ2v) is 7.90. The van der Waals surface area contributed by atoms with Crippen LogP contribution in [0.25, 0.3) is 0 Å². The molecule has 3 rings (SSSR count). The molecule has 0 bridgehead atoms. The van der Waals surface area contributed by atoms with Crippen molar-refractivity contribution in [2.45, 2.75) is 90.6 Å². The first-order valence-corrected chi connectivity index (χ1v) is 9.63. The summed E-state index contributed by atoms with van der Waals surface area (Å²) in [5.74, 6) is 3.98. The highest BCUT2D eigenvalue weighted by atomic mass is 16.5. The molecule has 0 aromatic carbocycles. The lowest BCUT2D eigenvalue weighted by Crippen LogP contribution is -2.36. The summed E-state index contributed by atoms with van der Waals surface area (Å²) in [4.78, 5) is 0. The highest BCUT2D eigenvalue weighted by molar-refractivity contribution is 5.02. The molecule has 1 nitrogen and oxygen atoms in total. The molecule has 0 saturated heterocycles. The zero-order valence-corrected chi connectivity index (χ0v) is 14.2. The van der Waals surface area contributed by atoms with Gasteiger partial charge >= 0.3 is 0 Å². The molecule has 2 saturated carbocycles. The number of fused-ring (bicyclic) bond motifs is 1. The van der Waals surface area contributed by atoms with Crippen molar-refractivity contribution in [2.75, 3.05) is 0 Å². The molecular weight excluding hydrogens is 256 g/mol. The second-order valence-electron chi connectivity index (χ2n) is 7.90. The van der Waals surface area contributed by atoms with Crippen molar-refractivity contribution >= 4 is 0 Å². The van der Waals surface area contributed by atoms with E-state index in [9.17, 15) is 0 Å². The van der Waals surface area contributed by atoms with Crippen molar-refractivity contribution in [3.05, 3.63) is 11.8 Å². The Balaban J connectivity index is 1.51. The van der Waals surface area contributed by atoms with Gasteiger partial charge in [-0.2, -0.15) is 0 Å². The van der Waals surface area contributed by atoms with E-state index in [0.29, 0.717) is 6.10 Å². The Morgan fingerprint density at radius 1 is 0.952 bits per heavy atom. The van der Waals surface area contributed by atoms with E-state index in [4.69, 9.17) is 4.74 Å². The zero-order valence-electron chi connectivity index (χ0n) is 14.2. The first kappa shape index (κ1) is 15.4. The van der Waals surface area contributed by atoms with E-state index in [0.717, 1.165) is 23.7 Å². The summed E-state index contributed by atoms with van der Waals surface area (Å²) >= 11 is 0. The highest BCUT2D eigenvalue weighted by Crippen LogP contribution is 2.47. The summed E-state index contributed by atoms with van der Waals surface area (Å²) in [6.45, 7) is 4.59. The quantitative estimate of drug-likeness (QED) is 0.608. The molecule has 0 radical (unpaired) electrons. The Bertz CT molecular complexity index is 359. The maximum Gasteiger partial charge on any atom is 0.101 e. The predicted molar refractivity (Wildman–Crippen MR) is 89.1 cm³/mol. The first-order chi connectivity index (χ1) is 10.3. The van der Waals surface area contributed by atoms with E-state index in [1.54, 1.807) is 0 Å². The van der Waals surface area contributed by atoms with Crippen LogP contribution in [0.15, 0.2) is 11.8 Å². The Kier molecular flexibility index (Phi) is 5.29. The topological polar surface area (TPSA) is 9.23 Å². The first-order valence-electron chi connectivity index (χ1n) is 9.63. The van der Waals surface area contributed by atoms with Crippen LogP contribution in [0, 0.1) is 23.7 Å². The van der Waals surface area contributed by atoms with Crippen molar-refractivity contribution in [2.24, 2.45) is 23.7 Å². The summed E-state index contributed by atoms with van der Waals surface area (Å²) in [6, 6.07) is 0. The summed E-state index contributed by atoms with van der Waals surface area (Å²) in [5, 5.41) is 0. The van der Waals surface area contributed by atoms with Crippen LogP contribution in [-0.4, -0.2) is 6.10 Å². The minimum absolute atomic E-state index is 0.537. The molecule has 1 heterocycles. The van der Waals surface area contributed by atoms with Gasteiger partial charge in [0.2, 0.25) is 0 Å². The monoisotopic (exact) mass is 290 g/mol. The van der Waals surface area contributed by atoms with Gasteiger partial charge in [0.1, 0.15) is 6.10 Å². The molecule has 1 aliphatic heterocycles. The number of hydrogen-bond acceptors (Lipinski definition) is 1. The van der Waals surface area contributed by atoms with Gasteiger partial charge in [-0.15, -0.1) is 0 Å². The molecule has 5 atom stereocenters. The Morgan fingerprint density at radius 2 is 1.71 bits per heavy atom. The molecule has 3 aliphatic rings. The minimum Gasteiger partial charge on any atom is -0.498 e. The lowest BCUT2D eigenvalue weighted by atomic mass is 9.63. The van der Waals surface area contributed by atoms with Crippen LogP contribution in [-0.2, 0) is 4.74 Å². The van der Waals surface area contributed by atoms with Crippen molar-refractivity contribution in [3.63, 3.8) is 0 Å². The summed E-state index contributed by atoms with van der Waals surface area (Å²) in [5.41, 5.74) is 1.51. The third kappa shape index (κ3) is 3.66. The average molecular weight is 290 g/mol. The number of hydrogen-bond donors (Lipinski definition) is 0. The van der Waals surface area contributed by atoms with Crippen LogP contribution >= 0.6 is 0 Å². The van der Waals surface area contributed by atoms with Gasteiger partial charge in [-0.3, -0.25) is 0 Å². The second kappa shape index (κ2) is 7.20. The van der Waals surface area contributed by atoms with E-state index < -0.39 is 0 Å². The van der Waals surface area contributed by atoms with Gasteiger partial charge in [-0.05, 0) is 80.6 Å². The van der Waals surface area contributed by atoms with Crippen molar-refractivity contribution in [1.82, 2.24) is 0 Å². The molecule has 2 aliphatic carbocycles. The Hall–Kier alpha value is -0.460. The molecule has 0 aromatic heterocycles. The maximum atomic E-state index is 6.10.